The molecular weight excluding hydrogens is 304 g/mol. The van der Waals surface area contributed by atoms with Crippen molar-refractivity contribution in [2.45, 2.75) is 18.4 Å². The number of aromatic amines is 1. The van der Waals surface area contributed by atoms with Crippen LogP contribution in [0.1, 0.15) is 11.4 Å². The molecule has 0 amide bonds. The van der Waals surface area contributed by atoms with Gasteiger partial charge in [-0.1, -0.05) is 11.6 Å². The Balaban J connectivity index is 2.16. The van der Waals surface area contributed by atoms with Gasteiger partial charge in [-0.2, -0.15) is 0 Å². The first-order chi connectivity index (χ1) is 9.38. The molecule has 0 bridgehead atoms. The molecule has 106 valence electrons. The van der Waals surface area contributed by atoms with Crippen molar-refractivity contribution in [1.29, 1.82) is 0 Å². The molecule has 0 saturated carbocycles. The van der Waals surface area contributed by atoms with Gasteiger partial charge in [0.05, 0.1) is 29.0 Å². The van der Waals surface area contributed by atoms with Gasteiger partial charge < -0.3 is 4.98 Å². The fourth-order valence-corrected chi connectivity index (χ4v) is 2.58. The highest BCUT2D eigenvalue weighted by Gasteiger charge is 2.15. The van der Waals surface area contributed by atoms with Gasteiger partial charge in [-0.05, 0) is 13.0 Å². The van der Waals surface area contributed by atoms with E-state index in [2.05, 4.69) is 19.7 Å². The summed E-state index contributed by atoms with van der Waals surface area (Å²) >= 11 is 5.60. The van der Waals surface area contributed by atoms with Crippen LogP contribution in [0.25, 0.3) is 0 Å². The molecule has 2 aromatic rings. The third-order valence-electron chi connectivity index (χ3n) is 2.42. The summed E-state index contributed by atoms with van der Waals surface area (Å²) in [4.78, 5) is 21.3. The summed E-state index contributed by atoms with van der Waals surface area (Å²) in [6, 6.07) is 1.09. The number of H-pyrrole nitrogens is 1. The fourth-order valence-electron chi connectivity index (χ4n) is 1.36. The molecule has 0 unspecified atom stereocenters. The molecule has 2 rings (SSSR count). The third-order valence-corrected chi connectivity index (χ3v) is 4.08. The van der Waals surface area contributed by atoms with Crippen LogP contribution in [0.2, 0.25) is 5.02 Å². The highest BCUT2D eigenvalue weighted by molar-refractivity contribution is 7.89. The van der Waals surface area contributed by atoms with Crippen molar-refractivity contribution in [3.8, 4) is 0 Å². The van der Waals surface area contributed by atoms with Crippen LogP contribution in [-0.2, 0) is 16.6 Å². The first-order valence-corrected chi connectivity index (χ1v) is 7.40. The van der Waals surface area contributed by atoms with Gasteiger partial charge in [0.1, 0.15) is 5.02 Å². The molecular formula is C11H11ClN4O3S. The predicted molar refractivity (Wildman–Crippen MR) is 72.9 cm³/mol. The maximum absolute atomic E-state index is 12.0. The van der Waals surface area contributed by atoms with Crippen molar-refractivity contribution < 1.29 is 8.42 Å². The number of nitrogens with one attached hydrogen (secondary N) is 2. The standard InChI is InChI=1S/C11H11ClN4O3S/c1-7-3-14-8(4-13-7)5-16-20(18,19)9-2-10(12)11(17)15-6-9/h2-4,6,16H,5H2,1H3,(H,15,17). The lowest BCUT2D eigenvalue weighted by atomic mass is 10.4. The number of halogens is 1. The zero-order valence-corrected chi connectivity index (χ0v) is 12.0. The lowest BCUT2D eigenvalue weighted by molar-refractivity contribution is 0.579. The minimum Gasteiger partial charge on any atom is -0.326 e. The minimum absolute atomic E-state index is 0.00758. The van der Waals surface area contributed by atoms with Gasteiger partial charge in [0.2, 0.25) is 10.0 Å². The van der Waals surface area contributed by atoms with Gasteiger partial charge in [-0.15, -0.1) is 0 Å². The molecule has 0 atom stereocenters. The molecule has 0 aliphatic rings. The quantitative estimate of drug-likeness (QED) is 0.860. The van der Waals surface area contributed by atoms with E-state index in [1.165, 1.54) is 6.20 Å². The number of hydrogen-bond donors (Lipinski definition) is 2. The largest absolute Gasteiger partial charge is 0.326 e. The molecule has 0 aliphatic heterocycles. The van der Waals surface area contributed by atoms with E-state index >= 15 is 0 Å². The van der Waals surface area contributed by atoms with Crippen LogP contribution in [0, 0.1) is 6.92 Å². The molecule has 2 heterocycles. The number of aryl methyl sites for hydroxylation is 1. The van der Waals surface area contributed by atoms with E-state index in [0.29, 0.717) is 5.69 Å². The average Bonchev–Trinajstić information content (AvgIpc) is 2.41. The van der Waals surface area contributed by atoms with Crippen molar-refractivity contribution in [3.05, 3.63) is 51.4 Å². The molecule has 0 aromatic carbocycles. The second kappa shape index (κ2) is 5.70. The Bertz CT molecular complexity index is 771. The molecule has 7 nitrogen and oxygen atoms in total. The van der Waals surface area contributed by atoms with Gasteiger partial charge in [-0.25, -0.2) is 13.1 Å². The van der Waals surface area contributed by atoms with Gasteiger partial charge in [0.25, 0.3) is 5.56 Å². The molecule has 0 aliphatic carbocycles. The number of rotatable bonds is 4. The molecule has 0 saturated heterocycles. The number of aromatic nitrogens is 3. The summed E-state index contributed by atoms with van der Waals surface area (Å²) < 4.78 is 26.3. The molecule has 0 radical (unpaired) electrons. The van der Waals surface area contributed by atoms with Crippen molar-refractivity contribution in [1.82, 2.24) is 19.7 Å². The second-order valence-corrected chi connectivity index (χ2v) is 6.16. The zero-order valence-electron chi connectivity index (χ0n) is 10.4. The number of sulfonamides is 1. The first kappa shape index (κ1) is 14.6. The topological polar surface area (TPSA) is 105 Å². The van der Waals surface area contributed by atoms with Gasteiger partial charge >= 0.3 is 0 Å². The lowest BCUT2D eigenvalue weighted by Crippen LogP contribution is -2.24. The SMILES string of the molecule is Cc1cnc(CNS(=O)(=O)c2c[nH]c(=O)c(Cl)c2)cn1. The van der Waals surface area contributed by atoms with Crippen LogP contribution >= 0.6 is 11.6 Å². The maximum atomic E-state index is 12.0. The Morgan fingerprint density at radius 1 is 1.35 bits per heavy atom. The monoisotopic (exact) mass is 314 g/mol. The fraction of sp³-hybridized carbons (Fsp3) is 0.182. The van der Waals surface area contributed by atoms with Crippen LogP contribution in [0.3, 0.4) is 0 Å². The van der Waals surface area contributed by atoms with Crippen LogP contribution < -0.4 is 10.3 Å². The Morgan fingerprint density at radius 2 is 2.10 bits per heavy atom. The van der Waals surface area contributed by atoms with Crippen molar-refractivity contribution in [2.24, 2.45) is 0 Å². The highest BCUT2D eigenvalue weighted by atomic mass is 35.5. The minimum atomic E-state index is -3.78. The Kier molecular flexibility index (Phi) is 4.17. The van der Waals surface area contributed by atoms with Crippen molar-refractivity contribution in [2.75, 3.05) is 0 Å². The summed E-state index contributed by atoms with van der Waals surface area (Å²) in [6.45, 7) is 1.77. The van der Waals surface area contributed by atoms with Crippen LogP contribution in [0.15, 0.2) is 34.3 Å². The highest BCUT2D eigenvalue weighted by Crippen LogP contribution is 2.10. The van der Waals surface area contributed by atoms with Crippen molar-refractivity contribution >= 4 is 21.6 Å². The maximum Gasteiger partial charge on any atom is 0.266 e. The van der Waals surface area contributed by atoms with E-state index in [0.717, 1.165) is 18.0 Å². The Labute approximate surface area is 120 Å². The van der Waals surface area contributed by atoms with E-state index in [1.807, 2.05) is 0 Å². The summed E-state index contributed by atoms with van der Waals surface area (Å²) in [5, 5.41) is -0.192. The predicted octanol–water partition coefficient (Wildman–Crippen LogP) is 0.605. The third kappa shape index (κ3) is 3.41. The average molecular weight is 315 g/mol. The normalized spacial score (nSPS) is 11.5. The van der Waals surface area contributed by atoms with Gasteiger partial charge in [0, 0.05) is 12.4 Å². The number of hydrogen-bond acceptors (Lipinski definition) is 5. The summed E-state index contributed by atoms with van der Waals surface area (Å²) in [5.41, 5.74) is 0.675. The zero-order chi connectivity index (χ0) is 14.8. The number of nitrogens with zero attached hydrogens (tertiary/aromatic N) is 2. The molecule has 9 heteroatoms. The van der Waals surface area contributed by atoms with E-state index < -0.39 is 15.6 Å². The Morgan fingerprint density at radius 3 is 2.70 bits per heavy atom. The Hall–Kier alpha value is -1.77. The van der Waals surface area contributed by atoms with E-state index in [9.17, 15) is 13.2 Å². The lowest BCUT2D eigenvalue weighted by Gasteiger charge is -2.06. The van der Waals surface area contributed by atoms with Crippen LogP contribution in [0.5, 0.6) is 0 Å². The molecule has 20 heavy (non-hydrogen) atoms. The molecule has 0 fully saturated rings. The second-order valence-electron chi connectivity index (χ2n) is 3.99. The molecule has 2 aromatic heterocycles. The molecule has 2 N–H and O–H groups in total. The van der Waals surface area contributed by atoms with E-state index in [1.54, 1.807) is 13.1 Å². The summed E-state index contributed by atoms with van der Waals surface area (Å²) in [7, 11) is -3.78. The smallest absolute Gasteiger partial charge is 0.266 e. The van der Waals surface area contributed by atoms with Crippen LogP contribution in [0.4, 0.5) is 0 Å². The first-order valence-electron chi connectivity index (χ1n) is 5.54. The van der Waals surface area contributed by atoms with E-state index in [-0.39, 0.29) is 16.5 Å². The van der Waals surface area contributed by atoms with Crippen LogP contribution in [-0.4, -0.2) is 23.4 Å². The summed E-state index contributed by atoms with van der Waals surface area (Å²) in [5.74, 6) is 0. The summed E-state index contributed by atoms with van der Waals surface area (Å²) in [6.07, 6.45) is 4.11. The van der Waals surface area contributed by atoms with Crippen molar-refractivity contribution in [3.63, 3.8) is 0 Å². The molecule has 0 spiro atoms. The number of pyridine rings is 1. The van der Waals surface area contributed by atoms with Gasteiger partial charge in [0.15, 0.2) is 0 Å². The van der Waals surface area contributed by atoms with Gasteiger partial charge in [-0.3, -0.25) is 14.8 Å². The van der Waals surface area contributed by atoms with E-state index in [4.69, 9.17) is 11.6 Å².